The maximum Gasteiger partial charge on any atom is 0.261 e. The van der Waals surface area contributed by atoms with E-state index < -0.39 is 0 Å². The molecule has 0 saturated heterocycles. The normalized spacial score (nSPS) is 14.4. The van der Waals surface area contributed by atoms with Gasteiger partial charge < -0.3 is 10.2 Å². The molecule has 0 saturated carbocycles. The molecule has 0 radical (unpaired) electrons. The van der Waals surface area contributed by atoms with Crippen LogP contribution in [0.3, 0.4) is 0 Å². The smallest absolute Gasteiger partial charge is 0.261 e. The van der Waals surface area contributed by atoms with Crippen LogP contribution >= 0.6 is 11.8 Å². The van der Waals surface area contributed by atoms with Gasteiger partial charge in [0.25, 0.3) is 11.8 Å². The van der Waals surface area contributed by atoms with Crippen LogP contribution in [0.2, 0.25) is 0 Å². The number of benzene rings is 1. The standard InChI is InChI=1S/C19H21N3O2S/c1-4-12(3)21-17(23)13-8-9-15-16(11-13)25-18-14(7-6-10-20-18)19(24)22(15)5-2/h6-12H,4-5H2,1-3H3,(H,21,23). The van der Waals surface area contributed by atoms with Crippen LogP contribution in [0, 0.1) is 0 Å². The molecule has 0 spiro atoms. The number of fused-ring (bicyclic) bond motifs is 2. The van der Waals surface area contributed by atoms with Gasteiger partial charge in [0.2, 0.25) is 0 Å². The molecule has 0 aliphatic carbocycles. The van der Waals surface area contributed by atoms with Crippen LogP contribution in [0.15, 0.2) is 46.5 Å². The molecule has 3 rings (SSSR count). The molecule has 1 aliphatic heterocycles. The van der Waals surface area contributed by atoms with Gasteiger partial charge in [0.05, 0.1) is 11.3 Å². The van der Waals surface area contributed by atoms with Gasteiger partial charge in [-0.2, -0.15) is 0 Å². The van der Waals surface area contributed by atoms with Crippen LogP contribution in [0.4, 0.5) is 5.69 Å². The van der Waals surface area contributed by atoms with Gasteiger partial charge in [-0.05, 0) is 50.6 Å². The summed E-state index contributed by atoms with van der Waals surface area (Å²) in [6, 6.07) is 9.15. The molecular weight excluding hydrogens is 334 g/mol. The number of anilines is 1. The minimum absolute atomic E-state index is 0.0614. The molecule has 1 aromatic carbocycles. The van der Waals surface area contributed by atoms with E-state index in [9.17, 15) is 9.59 Å². The fourth-order valence-electron chi connectivity index (χ4n) is 2.68. The van der Waals surface area contributed by atoms with Crippen molar-refractivity contribution in [1.29, 1.82) is 0 Å². The molecular formula is C19H21N3O2S. The molecule has 1 aliphatic rings. The van der Waals surface area contributed by atoms with Crippen LogP contribution < -0.4 is 10.2 Å². The van der Waals surface area contributed by atoms with Gasteiger partial charge in [0.15, 0.2) is 0 Å². The molecule has 2 heterocycles. The Kier molecular flexibility index (Phi) is 5.08. The zero-order valence-electron chi connectivity index (χ0n) is 14.6. The van der Waals surface area contributed by atoms with Crippen molar-refractivity contribution in [1.82, 2.24) is 10.3 Å². The van der Waals surface area contributed by atoms with E-state index >= 15 is 0 Å². The number of nitrogens with one attached hydrogen (secondary N) is 1. The van der Waals surface area contributed by atoms with E-state index in [4.69, 9.17) is 0 Å². The highest BCUT2D eigenvalue weighted by atomic mass is 32.2. The molecule has 1 atom stereocenters. The topological polar surface area (TPSA) is 62.3 Å². The Morgan fingerprint density at radius 1 is 1.32 bits per heavy atom. The summed E-state index contributed by atoms with van der Waals surface area (Å²) in [7, 11) is 0. The van der Waals surface area contributed by atoms with Crippen molar-refractivity contribution in [2.45, 2.75) is 43.2 Å². The third-order valence-electron chi connectivity index (χ3n) is 4.27. The maximum atomic E-state index is 12.8. The minimum atomic E-state index is -0.0994. The maximum absolute atomic E-state index is 12.8. The summed E-state index contributed by atoms with van der Waals surface area (Å²) >= 11 is 1.43. The van der Waals surface area contributed by atoms with Crippen LogP contribution in [0.5, 0.6) is 0 Å². The highest BCUT2D eigenvalue weighted by molar-refractivity contribution is 7.99. The first kappa shape index (κ1) is 17.5. The molecule has 2 aromatic rings. The lowest BCUT2D eigenvalue weighted by atomic mass is 10.1. The third-order valence-corrected chi connectivity index (χ3v) is 5.34. The van der Waals surface area contributed by atoms with Crippen LogP contribution in [-0.2, 0) is 0 Å². The van der Waals surface area contributed by atoms with Crippen molar-refractivity contribution in [3.8, 4) is 0 Å². The van der Waals surface area contributed by atoms with Gasteiger partial charge in [-0.1, -0.05) is 18.7 Å². The van der Waals surface area contributed by atoms with Gasteiger partial charge in [0, 0.05) is 29.2 Å². The van der Waals surface area contributed by atoms with E-state index in [0.29, 0.717) is 22.7 Å². The summed E-state index contributed by atoms with van der Waals surface area (Å²) in [5.41, 5.74) is 2.00. The van der Waals surface area contributed by atoms with E-state index in [1.165, 1.54) is 11.8 Å². The predicted molar refractivity (Wildman–Crippen MR) is 99.4 cm³/mol. The average Bonchev–Trinajstić information content (AvgIpc) is 2.74. The summed E-state index contributed by atoms with van der Waals surface area (Å²) in [6.45, 7) is 6.51. The van der Waals surface area contributed by atoms with E-state index in [-0.39, 0.29) is 17.9 Å². The Morgan fingerprint density at radius 2 is 2.12 bits per heavy atom. The Balaban J connectivity index is 2.03. The molecule has 2 amide bonds. The summed E-state index contributed by atoms with van der Waals surface area (Å²) in [5.74, 6) is -0.161. The molecule has 25 heavy (non-hydrogen) atoms. The van der Waals surface area contributed by atoms with E-state index in [0.717, 1.165) is 17.0 Å². The first-order valence-electron chi connectivity index (χ1n) is 8.44. The molecule has 130 valence electrons. The summed E-state index contributed by atoms with van der Waals surface area (Å²) < 4.78 is 0. The lowest BCUT2D eigenvalue weighted by Gasteiger charge is -2.21. The molecule has 0 bridgehead atoms. The number of pyridine rings is 1. The Bertz CT molecular complexity index is 822. The van der Waals surface area contributed by atoms with Gasteiger partial charge in [-0.15, -0.1) is 0 Å². The number of hydrogen-bond acceptors (Lipinski definition) is 4. The van der Waals surface area contributed by atoms with E-state index in [2.05, 4.69) is 10.3 Å². The highest BCUT2D eigenvalue weighted by Gasteiger charge is 2.27. The third kappa shape index (κ3) is 3.39. The molecule has 1 unspecified atom stereocenters. The fraction of sp³-hybridized carbons (Fsp3) is 0.316. The molecule has 5 nitrogen and oxygen atoms in total. The second-order valence-electron chi connectivity index (χ2n) is 5.97. The number of amides is 2. The zero-order chi connectivity index (χ0) is 18.0. The quantitative estimate of drug-likeness (QED) is 0.907. The van der Waals surface area contributed by atoms with Crippen LogP contribution in [0.25, 0.3) is 0 Å². The van der Waals surface area contributed by atoms with Crippen molar-refractivity contribution in [3.05, 3.63) is 47.7 Å². The van der Waals surface area contributed by atoms with Crippen molar-refractivity contribution in [2.75, 3.05) is 11.4 Å². The lowest BCUT2D eigenvalue weighted by molar-refractivity contribution is 0.0938. The number of aromatic nitrogens is 1. The number of rotatable bonds is 4. The molecule has 6 heteroatoms. The number of hydrogen-bond donors (Lipinski definition) is 1. The monoisotopic (exact) mass is 355 g/mol. The first-order chi connectivity index (χ1) is 12.0. The molecule has 1 N–H and O–H groups in total. The lowest BCUT2D eigenvalue weighted by Crippen LogP contribution is -2.32. The number of carbonyl (C=O) groups excluding carboxylic acids is 2. The summed E-state index contributed by atoms with van der Waals surface area (Å²) in [4.78, 5) is 32.2. The Labute approximate surface area is 151 Å². The van der Waals surface area contributed by atoms with Crippen LogP contribution in [-0.4, -0.2) is 29.4 Å². The van der Waals surface area contributed by atoms with Gasteiger partial charge in [-0.3, -0.25) is 9.59 Å². The second-order valence-corrected chi connectivity index (χ2v) is 7.00. The predicted octanol–water partition coefficient (Wildman–Crippen LogP) is 3.74. The zero-order valence-corrected chi connectivity index (χ0v) is 15.4. The largest absolute Gasteiger partial charge is 0.350 e. The Morgan fingerprint density at radius 3 is 2.84 bits per heavy atom. The van der Waals surface area contributed by atoms with Crippen LogP contribution in [0.1, 0.15) is 47.9 Å². The van der Waals surface area contributed by atoms with E-state index in [1.807, 2.05) is 32.9 Å². The Hall–Kier alpha value is -2.34. The van der Waals surface area contributed by atoms with Crippen molar-refractivity contribution in [3.63, 3.8) is 0 Å². The average molecular weight is 355 g/mol. The molecule has 1 aromatic heterocycles. The van der Waals surface area contributed by atoms with Gasteiger partial charge in [-0.25, -0.2) is 4.98 Å². The van der Waals surface area contributed by atoms with Gasteiger partial charge in [0.1, 0.15) is 5.03 Å². The number of carbonyl (C=O) groups is 2. The summed E-state index contributed by atoms with van der Waals surface area (Å²) in [6.07, 6.45) is 2.56. The van der Waals surface area contributed by atoms with Gasteiger partial charge >= 0.3 is 0 Å². The molecule has 0 fully saturated rings. The fourth-order valence-corrected chi connectivity index (χ4v) is 3.73. The second kappa shape index (κ2) is 7.27. The highest BCUT2D eigenvalue weighted by Crippen LogP contribution is 2.40. The number of nitrogens with zero attached hydrogens (tertiary/aromatic N) is 2. The SMILES string of the molecule is CCC(C)NC(=O)c1ccc2c(c1)Sc1ncccc1C(=O)N2CC. The van der Waals surface area contributed by atoms with E-state index in [1.54, 1.807) is 29.3 Å². The first-order valence-corrected chi connectivity index (χ1v) is 9.26. The summed E-state index contributed by atoms with van der Waals surface area (Å²) in [5, 5.41) is 3.65. The van der Waals surface area contributed by atoms with Crippen molar-refractivity contribution < 1.29 is 9.59 Å². The van der Waals surface area contributed by atoms with Crippen molar-refractivity contribution >= 4 is 29.3 Å². The minimum Gasteiger partial charge on any atom is -0.350 e. The van der Waals surface area contributed by atoms with Crippen molar-refractivity contribution in [2.24, 2.45) is 0 Å².